The van der Waals surface area contributed by atoms with E-state index in [0.29, 0.717) is 0 Å². The van der Waals surface area contributed by atoms with Crippen molar-refractivity contribution in [2.75, 3.05) is 0 Å². The lowest BCUT2D eigenvalue weighted by atomic mass is 9.26. The summed E-state index contributed by atoms with van der Waals surface area (Å²) in [5.41, 5.74) is -1.10. The molecule has 8 saturated carbocycles. The average molecular weight is 419 g/mol. The van der Waals surface area contributed by atoms with Gasteiger partial charge in [0.25, 0.3) is 0 Å². The Kier molecular flexibility index (Phi) is 3.75. The van der Waals surface area contributed by atoms with Crippen LogP contribution in [0.2, 0.25) is 0 Å². The Morgan fingerprint density at radius 3 is 0.900 bits per heavy atom. The minimum atomic E-state index is -0.980. The van der Waals surface area contributed by atoms with Gasteiger partial charge in [-0.2, -0.15) is 0 Å². The minimum Gasteiger partial charge on any atom is -0.244 e. The summed E-state index contributed by atoms with van der Waals surface area (Å²) in [6.07, 6.45) is 16.5. The van der Waals surface area contributed by atoms with Crippen LogP contribution in [0.15, 0.2) is 0 Å². The summed E-state index contributed by atoms with van der Waals surface area (Å²) in [6, 6.07) is 0. The third-order valence-corrected chi connectivity index (χ3v) is 12.6. The first-order valence-corrected chi connectivity index (χ1v) is 13.4. The first-order chi connectivity index (χ1) is 14.0. The average Bonchev–Trinajstić information content (AvgIpc) is 2.64. The largest absolute Gasteiger partial charge is 0.244 e. The lowest BCUT2D eigenvalue weighted by Gasteiger charge is -2.79. The molecule has 170 valence electrons. The van der Waals surface area contributed by atoms with E-state index < -0.39 is 11.3 Å². The van der Waals surface area contributed by atoms with Crippen LogP contribution in [0.1, 0.15) is 130 Å². The number of halogens is 2. The van der Waals surface area contributed by atoms with Crippen LogP contribution >= 0.6 is 0 Å². The molecule has 0 aliphatic heterocycles. The van der Waals surface area contributed by atoms with Gasteiger partial charge in [-0.3, -0.25) is 0 Å². The number of alkyl halides is 2. The molecule has 8 fully saturated rings. The Morgan fingerprint density at radius 2 is 0.667 bits per heavy atom. The summed E-state index contributed by atoms with van der Waals surface area (Å²) in [6.45, 7) is 9.30. The van der Waals surface area contributed by atoms with Gasteiger partial charge in [-0.15, -0.1) is 0 Å². The normalized spacial score (nSPS) is 63.0. The van der Waals surface area contributed by atoms with E-state index in [9.17, 15) is 0 Å². The third-order valence-electron chi connectivity index (χ3n) is 12.6. The zero-order valence-electron chi connectivity index (χ0n) is 20.1. The molecule has 0 saturated heterocycles. The highest BCUT2D eigenvalue weighted by atomic mass is 19.1. The molecular formula is C28H44F2. The highest BCUT2D eigenvalue weighted by Gasteiger charge is 2.78. The van der Waals surface area contributed by atoms with Crippen LogP contribution in [0.5, 0.6) is 0 Å². The summed E-state index contributed by atoms with van der Waals surface area (Å²) in [5.74, 6) is 0. The maximum Gasteiger partial charge on any atom is 0.112 e. The second-order valence-electron chi connectivity index (χ2n) is 14.4. The maximum absolute atomic E-state index is 16.6. The molecule has 0 radical (unpaired) electrons. The van der Waals surface area contributed by atoms with Gasteiger partial charge in [0.2, 0.25) is 0 Å². The molecular weight excluding hydrogens is 374 g/mol. The van der Waals surface area contributed by atoms with E-state index in [0.717, 1.165) is 64.2 Å². The smallest absolute Gasteiger partial charge is 0.112 e. The predicted octanol–water partition coefficient (Wildman–Crippen LogP) is 8.72. The molecule has 0 N–H and O–H groups in total. The standard InChI is InChI=1S/C28H44F2/c1-5-21-9-22(6-2)12-25(11-21,19-27(29,15-21)16-22)26-13-23(7-3)10-24(8-4,14-26)18-28(30,17-23)20-26/h5-20H2,1-4H3. The molecule has 0 amide bonds. The maximum atomic E-state index is 16.6. The predicted molar refractivity (Wildman–Crippen MR) is 119 cm³/mol. The van der Waals surface area contributed by atoms with E-state index in [1.807, 2.05) is 0 Å². The van der Waals surface area contributed by atoms with E-state index in [4.69, 9.17) is 0 Å². The van der Waals surface area contributed by atoms with Crippen molar-refractivity contribution < 1.29 is 8.78 Å². The summed E-state index contributed by atoms with van der Waals surface area (Å²) < 4.78 is 33.3. The van der Waals surface area contributed by atoms with Gasteiger partial charge in [-0.25, -0.2) is 8.78 Å². The van der Waals surface area contributed by atoms with Gasteiger partial charge in [0.05, 0.1) is 0 Å². The molecule has 2 heteroatoms. The van der Waals surface area contributed by atoms with Gasteiger partial charge < -0.3 is 0 Å². The third kappa shape index (κ3) is 2.33. The van der Waals surface area contributed by atoms with Crippen molar-refractivity contribution in [2.45, 2.75) is 142 Å². The molecule has 0 aromatic rings. The van der Waals surface area contributed by atoms with Gasteiger partial charge in [-0.1, -0.05) is 53.4 Å². The zero-order valence-corrected chi connectivity index (χ0v) is 20.1. The molecule has 0 spiro atoms. The van der Waals surface area contributed by atoms with Crippen LogP contribution in [0.3, 0.4) is 0 Å². The second-order valence-corrected chi connectivity index (χ2v) is 14.4. The SMILES string of the molecule is CCC12CC3(F)CC(CC)(C1)CC(C14CC5(F)CC(CC)(CC(CC)(C5)C1)C4)(C3)C2. The van der Waals surface area contributed by atoms with Crippen molar-refractivity contribution in [3.8, 4) is 0 Å². The first-order valence-electron chi connectivity index (χ1n) is 13.4. The van der Waals surface area contributed by atoms with Gasteiger partial charge in [0, 0.05) is 0 Å². The number of hydrogen-bond donors (Lipinski definition) is 0. The van der Waals surface area contributed by atoms with Crippen LogP contribution in [-0.2, 0) is 0 Å². The van der Waals surface area contributed by atoms with E-state index >= 15 is 8.78 Å². The molecule has 0 heterocycles. The monoisotopic (exact) mass is 418 g/mol. The Labute approximate surface area is 183 Å². The van der Waals surface area contributed by atoms with Crippen LogP contribution in [0.25, 0.3) is 0 Å². The fourth-order valence-corrected chi connectivity index (χ4v) is 12.5. The minimum absolute atomic E-state index is 0.0575. The summed E-state index contributed by atoms with van der Waals surface area (Å²) in [7, 11) is 0. The van der Waals surface area contributed by atoms with Gasteiger partial charge in [-0.05, 0) is 110 Å². The fraction of sp³-hybridized carbons (Fsp3) is 1.00. The van der Waals surface area contributed by atoms with Crippen molar-refractivity contribution >= 4 is 0 Å². The summed E-state index contributed by atoms with van der Waals surface area (Å²) >= 11 is 0. The Hall–Kier alpha value is -0.140. The Balaban J connectivity index is 1.53. The lowest BCUT2D eigenvalue weighted by Crippen LogP contribution is -2.72. The molecule has 8 aliphatic carbocycles. The van der Waals surface area contributed by atoms with Crippen molar-refractivity contribution in [2.24, 2.45) is 32.5 Å². The van der Waals surface area contributed by atoms with Crippen LogP contribution in [0.4, 0.5) is 8.78 Å². The van der Waals surface area contributed by atoms with Crippen LogP contribution < -0.4 is 0 Å². The van der Waals surface area contributed by atoms with Gasteiger partial charge >= 0.3 is 0 Å². The Morgan fingerprint density at radius 1 is 0.400 bits per heavy atom. The quantitative estimate of drug-likeness (QED) is 0.419. The highest BCUT2D eigenvalue weighted by molar-refractivity contribution is 5.27. The van der Waals surface area contributed by atoms with Crippen molar-refractivity contribution in [1.82, 2.24) is 0 Å². The molecule has 8 aliphatic rings. The molecule has 30 heavy (non-hydrogen) atoms. The lowest BCUT2D eigenvalue weighted by molar-refractivity contribution is -0.309. The summed E-state index contributed by atoms with van der Waals surface area (Å²) in [4.78, 5) is 0. The molecule has 8 bridgehead atoms. The molecule has 0 aromatic carbocycles. The van der Waals surface area contributed by atoms with E-state index in [1.165, 1.54) is 38.5 Å². The molecule has 0 nitrogen and oxygen atoms in total. The van der Waals surface area contributed by atoms with E-state index in [-0.39, 0.29) is 32.5 Å². The number of hydrogen-bond acceptors (Lipinski definition) is 0. The summed E-state index contributed by atoms with van der Waals surface area (Å²) in [5, 5.41) is 0. The van der Waals surface area contributed by atoms with Gasteiger partial charge in [0.15, 0.2) is 0 Å². The molecule has 4 unspecified atom stereocenters. The number of rotatable bonds is 5. The first kappa shape index (κ1) is 20.5. The van der Waals surface area contributed by atoms with Gasteiger partial charge in [0.1, 0.15) is 11.3 Å². The van der Waals surface area contributed by atoms with E-state index in [2.05, 4.69) is 27.7 Å². The van der Waals surface area contributed by atoms with Crippen LogP contribution in [0, 0.1) is 32.5 Å². The van der Waals surface area contributed by atoms with Crippen LogP contribution in [-0.4, -0.2) is 11.3 Å². The van der Waals surface area contributed by atoms with Crippen molar-refractivity contribution in [3.63, 3.8) is 0 Å². The molecule has 4 atom stereocenters. The van der Waals surface area contributed by atoms with E-state index in [1.54, 1.807) is 0 Å². The van der Waals surface area contributed by atoms with Crippen molar-refractivity contribution in [1.29, 1.82) is 0 Å². The molecule has 8 rings (SSSR count). The zero-order chi connectivity index (χ0) is 21.3. The topological polar surface area (TPSA) is 0 Å². The second kappa shape index (κ2) is 5.49. The van der Waals surface area contributed by atoms with Crippen molar-refractivity contribution in [3.05, 3.63) is 0 Å². The Bertz CT molecular complexity index is 663. The fourth-order valence-electron chi connectivity index (χ4n) is 12.5. The molecule has 0 aromatic heterocycles. The highest BCUT2D eigenvalue weighted by Crippen LogP contribution is 2.84.